The molecule has 1 amide bonds. The second kappa shape index (κ2) is 6.21. The number of fused-ring (bicyclic) bond motifs is 1. The van der Waals surface area contributed by atoms with Crippen LogP contribution in [0.1, 0.15) is 17.8 Å². The number of hydrogen-bond acceptors (Lipinski definition) is 4. The van der Waals surface area contributed by atoms with E-state index in [0.29, 0.717) is 10.9 Å². The molecular formula is C16H15N3O3S. The second-order valence-corrected chi connectivity index (χ2v) is 6.15. The number of aromatic nitrogens is 2. The monoisotopic (exact) mass is 329 g/mol. The highest BCUT2D eigenvalue weighted by atomic mass is 32.1. The van der Waals surface area contributed by atoms with Crippen LogP contribution >= 0.6 is 11.3 Å². The lowest BCUT2D eigenvalue weighted by Gasteiger charge is -2.13. The van der Waals surface area contributed by atoms with E-state index in [4.69, 9.17) is 0 Å². The molecule has 1 unspecified atom stereocenters. The smallest absolute Gasteiger partial charge is 0.329 e. The van der Waals surface area contributed by atoms with Crippen LogP contribution < -0.4 is 16.6 Å². The van der Waals surface area contributed by atoms with Gasteiger partial charge in [0, 0.05) is 4.88 Å². The molecule has 0 aliphatic heterocycles. The molecule has 0 aliphatic carbocycles. The number of para-hydroxylation sites is 1. The predicted molar refractivity (Wildman–Crippen MR) is 89.7 cm³/mol. The van der Waals surface area contributed by atoms with Crippen LogP contribution in [-0.4, -0.2) is 15.5 Å². The number of nitrogens with zero attached hydrogens (tertiary/aromatic N) is 1. The van der Waals surface area contributed by atoms with Gasteiger partial charge >= 0.3 is 5.69 Å². The van der Waals surface area contributed by atoms with Crippen LogP contribution in [0.3, 0.4) is 0 Å². The minimum absolute atomic E-state index is 0.169. The molecule has 0 fully saturated rings. The topological polar surface area (TPSA) is 84.0 Å². The molecule has 23 heavy (non-hydrogen) atoms. The van der Waals surface area contributed by atoms with Gasteiger partial charge in [0.15, 0.2) is 0 Å². The first-order valence-corrected chi connectivity index (χ1v) is 7.99. The van der Waals surface area contributed by atoms with Crippen LogP contribution in [0.25, 0.3) is 10.9 Å². The molecule has 3 aromatic rings. The van der Waals surface area contributed by atoms with Crippen molar-refractivity contribution >= 4 is 28.1 Å². The third-order valence-corrected chi connectivity index (χ3v) is 4.59. The standard InChI is InChI=1S/C16H15N3O3S/c1-10(13-7-4-8-23-13)17-14(20)9-19-15(21)11-5-2-3-6-12(11)18-16(19)22/h2-8,10H,9H2,1H3,(H,17,20)(H,18,22). The minimum atomic E-state index is -0.590. The van der Waals surface area contributed by atoms with Crippen LogP contribution in [0.5, 0.6) is 0 Å². The molecule has 1 atom stereocenters. The van der Waals surface area contributed by atoms with Crippen LogP contribution in [0.4, 0.5) is 0 Å². The Hall–Kier alpha value is -2.67. The molecule has 0 spiro atoms. The summed E-state index contributed by atoms with van der Waals surface area (Å²) in [6.45, 7) is 1.55. The largest absolute Gasteiger partial charge is 0.347 e. The van der Waals surface area contributed by atoms with E-state index in [-0.39, 0.29) is 18.5 Å². The maximum Gasteiger partial charge on any atom is 0.329 e. The molecule has 2 heterocycles. The summed E-state index contributed by atoms with van der Waals surface area (Å²) in [7, 11) is 0. The van der Waals surface area contributed by atoms with Crippen molar-refractivity contribution < 1.29 is 4.79 Å². The van der Waals surface area contributed by atoms with Gasteiger partial charge in [-0.2, -0.15) is 0 Å². The molecule has 1 aromatic carbocycles. The van der Waals surface area contributed by atoms with Crippen molar-refractivity contribution in [2.24, 2.45) is 0 Å². The molecule has 2 aromatic heterocycles. The maximum atomic E-state index is 12.4. The fraction of sp³-hybridized carbons (Fsp3) is 0.188. The van der Waals surface area contributed by atoms with Crippen molar-refractivity contribution in [3.8, 4) is 0 Å². The Bertz CT molecular complexity index is 957. The Morgan fingerprint density at radius 2 is 2.04 bits per heavy atom. The third-order valence-electron chi connectivity index (χ3n) is 3.54. The van der Waals surface area contributed by atoms with E-state index in [1.54, 1.807) is 24.3 Å². The Labute approximate surface area is 135 Å². The van der Waals surface area contributed by atoms with Gasteiger partial charge in [0.25, 0.3) is 5.56 Å². The number of aromatic amines is 1. The number of hydrogen-bond donors (Lipinski definition) is 2. The quantitative estimate of drug-likeness (QED) is 0.763. The van der Waals surface area contributed by atoms with Gasteiger partial charge in [0.05, 0.1) is 16.9 Å². The third kappa shape index (κ3) is 3.09. The molecule has 0 aliphatic rings. The lowest BCUT2D eigenvalue weighted by Crippen LogP contribution is -2.41. The van der Waals surface area contributed by atoms with Crippen LogP contribution in [0, 0.1) is 0 Å². The zero-order chi connectivity index (χ0) is 16.4. The van der Waals surface area contributed by atoms with Gasteiger partial charge in [-0.25, -0.2) is 4.79 Å². The summed E-state index contributed by atoms with van der Waals surface area (Å²) in [6, 6.07) is 10.4. The van der Waals surface area contributed by atoms with Gasteiger partial charge in [-0.1, -0.05) is 18.2 Å². The normalized spacial score (nSPS) is 12.2. The Morgan fingerprint density at radius 1 is 1.26 bits per heavy atom. The zero-order valence-electron chi connectivity index (χ0n) is 12.4. The molecule has 0 bridgehead atoms. The van der Waals surface area contributed by atoms with Crippen LogP contribution in [0.15, 0.2) is 51.4 Å². The highest BCUT2D eigenvalue weighted by Crippen LogP contribution is 2.17. The Kier molecular flexibility index (Phi) is 4.12. The van der Waals surface area contributed by atoms with Crippen molar-refractivity contribution in [3.63, 3.8) is 0 Å². The Balaban J connectivity index is 1.85. The second-order valence-electron chi connectivity index (χ2n) is 5.17. The van der Waals surface area contributed by atoms with Gasteiger partial charge in [-0.05, 0) is 30.5 Å². The lowest BCUT2D eigenvalue weighted by molar-refractivity contribution is -0.122. The average molecular weight is 329 g/mol. The van der Waals surface area contributed by atoms with Crippen molar-refractivity contribution in [1.29, 1.82) is 0 Å². The first-order chi connectivity index (χ1) is 11.1. The van der Waals surface area contributed by atoms with Crippen molar-refractivity contribution in [2.75, 3.05) is 0 Å². The van der Waals surface area contributed by atoms with E-state index >= 15 is 0 Å². The maximum absolute atomic E-state index is 12.4. The highest BCUT2D eigenvalue weighted by molar-refractivity contribution is 7.10. The van der Waals surface area contributed by atoms with Gasteiger partial charge in [0.2, 0.25) is 5.91 Å². The lowest BCUT2D eigenvalue weighted by atomic mass is 10.2. The summed E-state index contributed by atoms with van der Waals surface area (Å²) in [5, 5.41) is 5.10. The highest BCUT2D eigenvalue weighted by Gasteiger charge is 2.14. The molecule has 3 rings (SSSR count). The number of H-pyrrole nitrogens is 1. The summed E-state index contributed by atoms with van der Waals surface area (Å²) >= 11 is 1.54. The summed E-state index contributed by atoms with van der Waals surface area (Å²) in [4.78, 5) is 40.2. The predicted octanol–water partition coefficient (Wildman–Crippen LogP) is 1.63. The van der Waals surface area contributed by atoms with Gasteiger partial charge in [-0.15, -0.1) is 11.3 Å². The molecule has 0 saturated carbocycles. The summed E-state index contributed by atoms with van der Waals surface area (Å²) in [6.07, 6.45) is 0. The fourth-order valence-electron chi connectivity index (χ4n) is 2.38. The molecule has 0 saturated heterocycles. The molecule has 6 nitrogen and oxygen atoms in total. The van der Waals surface area contributed by atoms with Crippen molar-refractivity contribution in [1.82, 2.24) is 14.9 Å². The summed E-state index contributed by atoms with van der Waals surface area (Å²) < 4.78 is 0.915. The van der Waals surface area contributed by atoms with E-state index in [1.165, 1.54) is 11.3 Å². The fourth-order valence-corrected chi connectivity index (χ4v) is 3.12. The van der Waals surface area contributed by atoms with Crippen LogP contribution in [0.2, 0.25) is 0 Å². The van der Waals surface area contributed by atoms with Gasteiger partial charge in [0.1, 0.15) is 6.54 Å². The van der Waals surface area contributed by atoms with Crippen LogP contribution in [-0.2, 0) is 11.3 Å². The molecular weight excluding hydrogens is 314 g/mol. The molecule has 2 N–H and O–H groups in total. The number of amides is 1. The number of carbonyl (C=O) groups is 1. The Morgan fingerprint density at radius 3 is 2.78 bits per heavy atom. The van der Waals surface area contributed by atoms with E-state index in [2.05, 4.69) is 10.3 Å². The first-order valence-electron chi connectivity index (χ1n) is 7.11. The van der Waals surface area contributed by atoms with E-state index < -0.39 is 11.2 Å². The zero-order valence-corrected chi connectivity index (χ0v) is 13.2. The number of thiophene rings is 1. The van der Waals surface area contributed by atoms with Crippen molar-refractivity contribution in [3.05, 3.63) is 67.5 Å². The average Bonchev–Trinajstić information content (AvgIpc) is 3.06. The number of rotatable bonds is 4. The summed E-state index contributed by atoms with van der Waals surface area (Å²) in [5.41, 5.74) is -0.595. The van der Waals surface area contributed by atoms with E-state index in [9.17, 15) is 14.4 Å². The molecule has 7 heteroatoms. The minimum Gasteiger partial charge on any atom is -0.347 e. The number of carbonyl (C=O) groups excluding carboxylic acids is 1. The number of nitrogens with one attached hydrogen (secondary N) is 2. The summed E-state index contributed by atoms with van der Waals surface area (Å²) in [5.74, 6) is -0.381. The molecule has 118 valence electrons. The van der Waals surface area contributed by atoms with E-state index in [1.807, 2.05) is 24.4 Å². The van der Waals surface area contributed by atoms with Gasteiger partial charge in [-0.3, -0.25) is 14.2 Å². The first kappa shape index (κ1) is 15.2. The van der Waals surface area contributed by atoms with Crippen molar-refractivity contribution in [2.45, 2.75) is 19.5 Å². The SMILES string of the molecule is CC(NC(=O)Cn1c(=O)[nH]c2ccccc2c1=O)c1cccs1. The molecule has 0 radical (unpaired) electrons. The van der Waals surface area contributed by atoms with E-state index in [0.717, 1.165) is 9.44 Å². The van der Waals surface area contributed by atoms with Gasteiger partial charge < -0.3 is 10.3 Å². The number of benzene rings is 1.